The fraction of sp³-hybridized carbons (Fsp3) is 0.250. The minimum atomic E-state index is -0.0691. The molecule has 158 valence electrons. The number of halogens is 1. The summed E-state index contributed by atoms with van der Waals surface area (Å²) in [6.45, 7) is 0.415. The minimum Gasteiger partial charge on any atom is -0.493 e. The highest BCUT2D eigenvalue weighted by atomic mass is 35.5. The number of hydrogen-bond acceptors (Lipinski definition) is 8. The molecule has 0 aliphatic rings. The van der Waals surface area contributed by atoms with E-state index in [1.54, 1.807) is 26.0 Å². The molecule has 30 heavy (non-hydrogen) atoms. The van der Waals surface area contributed by atoms with Crippen molar-refractivity contribution in [2.24, 2.45) is 0 Å². The quantitative estimate of drug-likeness (QED) is 0.412. The van der Waals surface area contributed by atoms with Crippen molar-refractivity contribution in [3.63, 3.8) is 0 Å². The van der Waals surface area contributed by atoms with Crippen molar-refractivity contribution in [2.75, 3.05) is 20.0 Å². The van der Waals surface area contributed by atoms with Gasteiger partial charge in [-0.15, -0.1) is 10.2 Å². The zero-order valence-corrected chi connectivity index (χ0v) is 19.6. The van der Waals surface area contributed by atoms with Crippen LogP contribution in [0.2, 0.25) is 5.02 Å². The second-order valence-electron chi connectivity index (χ2n) is 6.00. The zero-order valence-electron chi connectivity index (χ0n) is 16.4. The normalized spacial score (nSPS) is 10.6. The monoisotopic (exact) mass is 481 g/mol. The lowest BCUT2D eigenvalue weighted by Gasteiger charge is -2.10. The van der Waals surface area contributed by atoms with Gasteiger partial charge in [0, 0.05) is 17.3 Å². The van der Waals surface area contributed by atoms with Gasteiger partial charge in [0.25, 0.3) is 0 Å². The first-order valence-electron chi connectivity index (χ1n) is 8.88. The molecule has 3 aromatic rings. The fourth-order valence-corrected chi connectivity index (χ4v) is 5.34. The summed E-state index contributed by atoms with van der Waals surface area (Å²) < 4.78 is 12.1. The molecule has 10 heteroatoms. The van der Waals surface area contributed by atoms with Crippen LogP contribution >= 0.6 is 46.5 Å². The Hall–Kier alpha value is -1.94. The maximum Gasteiger partial charge on any atom is 0.230 e. The van der Waals surface area contributed by atoms with Crippen LogP contribution in [0.25, 0.3) is 0 Å². The Balaban J connectivity index is 1.42. The van der Waals surface area contributed by atoms with Gasteiger partial charge in [-0.05, 0) is 35.4 Å². The van der Waals surface area contributed by atoms with Crippen LogP contribution in [-0.2, 0) is 17.1 Å². The van der Waals surface area contributed by atoms with Gasteiger partial charge in [-0.25, -0.2) is 0 Å². The molecule has 3 rings (SSSR count). The summed E-state index contributed by atoms with van der Waals surface area (Å²) in [7, 11) is 3.17. The predicted molar refractivity (Wildman–Crippen MR) is 123 cm³/mol. The van der Waals surface area contributed by atoms with E-state index in [1.165, 1.54) is 28.7 Å². The van der Waals surface area contributed by atoms with Crippen LogP contribution in [-0.4, -0.2) is 36.1 Å². The van der Waals surface area contributed by atoms with Crippen LogP contribution in [0.4, 0.5) is 0 Å². The largest absolute Gasteiger partial charge is 0.493 e. The van der Waals surface area contributed by atoms with Crippen LogP contribution in [0.15, 0.2) is 51.1 Å². The first kappa shape index (κ1) is 22.7. The molecule has 0 saturated heterocycles. The highest BCUT2D eigenvalue weighted by Crippen LogP contribution is 2.31. The number of nitrogens with zero attached hydrogens (tertiary/aromatic N) is 2. The van der Waals surface area contributed by atoms with Gasteiger partial charge >= 0.3 is 0 Å². The van der Waals surface area contributed by atoms with Crippen LogP contribution in [0.1, 0.15) is 11.1 Å². The number of methoxy groups -OCH3 is 2. The van der Waals surface area contributed by atoms with E-state index in [0.717, 1.165) is 25.0 Å². The number of aromatic nitrogens is 2. The summed E-state index contributed by atoms with van der Waals surface area (Å²) in [6.07, 6.45) is 0. The summed E-state index contributed by atoms with van der Waals surface area (Å²) in [5, 5.41) is 12.0. The van der Waals surface area contributed by atoms with Gasteiger partial charge in [-0.2, -0.15) is 0 Å². The first-order chi connectivity index (χ1) is 14.6. The van der Waals surface area contributed by atoms with E-state index in [-0.39, 0.29) is 11.7 Å². The molecule has 0 atom stereocenters. The Morgan fingerprint density at radius 2 is 1.67 bits per heavy atom. The van der Waals surface area contributed by atoms with Gasteiger partial charge in [0.15, 0.2) is 20.2 Å². The molecule has 0 spiro atoms. The molecule has 0 saturated carbocycles. The van der Waals surface area contributed by atoms with Gasteiger partial charge in [-0.1, -0.05) is 64.7 Å². The summed E-state index contributed by atoms with van der Waals surface area (Å²) in [5.74, 6) is 2.30. The topological polar surface area (TPSA) is 73.3 Å². The molecule has 0 radical (unpaired) electrons. The molecule has 0 fully saturated rings. The van der Waals surface area contributed by atoms with E-state index in [9.17, 15) is 4.79 Å². The average Bonchev–Trinajstić information content (AvgIpc) is 3.23. The molecule has 0 unspecified atom stereocenters. The first-order valence-corrected chi connectivity index (χ1v) is 12.0. The lowest BCUT2D eigenvalue weighted by atomic mass is 10.2. The van der Waals surface area contributed by atoms with Gasteiger partial charge in [-0.3, -0.25) is 4.79 Å². The predicted octanol–water partition coefficient (Wildman–Crippen LogP) is 4.91. The Morgan fingerprint density at radius 3 is 2.37 bits per heavy atom. The van der Waals surface area contributed by atoms with Crippen LogP contribution in [0.3, 0.4) is 0 Å². The Labute approximate surface area is 192 Å². The van der Waals surface area contributed by atoms with Gasteiger partial charge < -0.3 is 14.8 Å². The standard InChI is InChI=1S/C20H20ClN3O3S3/c1-26-16-8-5-14(9-17(16)27-2)10-22-18(25)12-29-20-24-23-19(30-20)28-11-13-3-6-15(21)7-4-13/h3-9H,10-12H2,1-2H3,(H,22,25). The molecule has 2 aromatic carbocycles. The molecule has 1 amide bonds. The van der Waals surface area contributed by atoms with E-state index in [4.69, 9.17) is 21.1 Å². The van der Waals surface area contributed by atoms with E-state index in [0.29, 0.717) is 18.0 Å². The summed E-state index contributed by atoms with van der Waals surface area (Å²) in [6, 6.07) is 13.3. The summed E-state index contributed by atoms with van der Waals surface area (Å²) in [5.41, 5.74) is 2.10. The lowest BCUT2D eigenvalue weighted by Crippen LogP contribution is -2.24. The number of carbonyl (C=O) groups is 1. The summed E-state index contributed by atoms with van der Waals surface area (Å²) in [4.78, 5) is 12.2. The van der Waals surface area contributed by atoms with E-state index < -0.39 is 0 Å². The number of thioether (sulfide) groups is 2. The molecule has 1 aromatic heterocycles. The maximum absolute atomic E-state index is 12.2. The van der Waals surface area contributed by atoms with Crippen LogP contribution in [0.5, 0.6) is 11.5 Å². The minimum absolute atomic E-state index is 0.0691. The number of amides is 1. The zero-order chi connectivity index (χ0) is 21.3. The number of rotatable bonds is 10. The number of benzene rings is 2. The van der Waals surface area contributed by atoms with Crippen molar-refractivity contribution in [1.29, 1.82) is 0 Å². The highest BCUT2D eigenvalue weighted by molar-refractivity contribution is 8.03. The van der Waals surface area contributed by atoms with Crippen molar-refractivity contribution in [1.82, 2.24) is 15.5 Å². The van der Waals surface area contributed by atoms with E-state index in [1.807, 2.05) is 42.5 Å². The number of nitrogens with one attached hydrogen (secondary N) is 1. The molecule has 0 aliphatic heterocycles. The molecule has 0 bridgehead atoms. The SMILES string of the molecule is COc1ccc(CNC(=O)CSc2nnc(SCc3ccc(Cl)cc3)s2)cc1OC. The van der Waals surface area contributed by atoms with Crippen molar-refractivity contribution in [3.05, 3.63) is 58.6 Å². The third-order valence-corrected chi connectivity index (χ3v) is 7.44. The molecular weight excluding hydrogens is 462 g/mol. The van der Waals surface area contributed by atoms with E-state index >= 15 is 0 Å². The Bertz CT molecular complexity index is 983. The molecule has 0 aliphatic carbocycles. The second kappa shape index (κ2) is 11.5. The smallest absolute Gasteiger partial charge is 0.230 e. The second-order valence-corrected chi connectivity index (χ2v) is 9.86. The maximum atomic E-state index is 12.2. The highest BCUT2D eigenvalue weighted by Gasteiger charge is 2.10. The molecule has 1 N–H and O–H groups in total. The third-order valence-electron chi connectivity index (χ3n) is 3.93. The fourth-order valence-electron chi connectivity index (χ4n) is 2.41. The van der Waals surface area contributed by atoms with Crippen LogP contribution < -0.4 is 14.8 Å². The third kappa shape index (κ3) is 6.80. The average molecular weight is 482 g/mol. The molecule has 6 nitrogen and oxygen atoms in total. The Morgan fingerprint density at radius 1 is 1.00 bits per heavy atom. The molecular formula is C20H20ClN3O3S3. The van der Waals surface area contributed by atoms with Crippen molar-refractivity contribution in [3.8, 4) is 11.5 Å². The number of hydrogen-bond donors (Lipinski definition) is 1. The van der Waals surface area contributed by atoms with Gasteiger partial charge in [0.05, 0.1) is 20.0 Å². The Kier molecular flexibility index (Phi) is 8.68. The van der Waals surface area contributed by atoms with Gasteiger partial charge in [0.1, 0.15) is 0 Å². The van der Waals surface area contributed by atoms with Crippen LogP contribution in [0, 0.1) is 0 Å². The lowest BCUT2D eigenvalue weighted by molar-refractivity contribution is -0.118. The van der Waals surface area contributed by atoms with Crippen molar-refractivity contribution < 1.29 is 14.3 Å². The molecule has 1 heterocycles. The number of ether oxygens (including phenoxy) is 2. The van der Waals surface area contributed by atoms with Crippen molar-refractivity contribution in [2.45, 2.75) is 21.0 Å². The van der Waals surface area contributed by atoms with E-state index in [2.05, 4.69) is 15.5 Å². The summed E-state index contributed by atoms with van der Waals surface area (Å²) >= 11 is 10.4. The van der Waals surface area contributed by atoms with Gasteiger partial charge in [0.2, 0.25) is 5.91 Å². The van der Waals surface area contributed by atoms with Crippen molar-refractivity contribution >= 4 is 52.4 Å². The number of carbonyl (C=O) groups excluding carboxylic acids is 1.